The number of carbonyl (C=O) groups is 1. The molecule has 1 saturated carbocycles. The number of nitrogens with zero attached hydrogens (tertiary/aromatic N) is 2. The maximum absolute atomic E-state index is 12.8. The molecule has 2 aliphatic rings. The van der Waals surface area contributed by atoms with Gasteiger partial charge in [-0.05, 0) is 36.4 Å². The molecule has 0 bridgehead atoms. The van der Waals surface area contributed by atoms with E-state index in [9.17, 15) is 4.79 Å². The Morgan fingerprint density at radius 3 is 2.93 bits per heavy atom. The topological polar surface area (TPSA) is 54.5 Å². The average molecular weight is 379 g/mol. The number of thiophene rings is 1. The van der Waals surface area contributed by atoms with Crippen LogP contribution in [0.1, 0.15) is 34.2 Å². The Morgan fingerprint density at radius 1 is 1.22 bits per heavy atom. The molecular formula is C21H21N3O2S. The van der Waals surface area contributed by atoms with Crippen molar-refractivity contribution in [3.05, 3.63) is 58.3 Å². The van der Waals surface area contributed by atoms with E-state index in [2.05, 4.69) is 27.7 Å². The van der Waals surface area contributed by atoms with Crippen molar-refractivity contribution in [2.24, 2.45) is 0 Å². The van der Waals surface area contributed by atoms with Gasteiger partial charge in [0.1, 0.15) is 11.9 Å². The van der Waals surface area contributed by atoms with Crippen molar-refractivity contribution in [1.29, 1.82) is 0 Å². The summed E-state index contributed by atoms with van der Waals surface area (Å²) in [6.45, 7) is 2.17. The first-order valence-electron chi connectivity index (χ1n) is 9.38. The van der Waals surface area contributed by atoms with Crippen molar-refractivity contribution >= 4 is 34.0 Å². The molecule has 0 spiro atoms. The Balaban J connectivity index is 1.49. The number of carbonyl (C=O) groups excluding carboxylic acids is 1. The maximum atomic E-state index is 12.8. The second-order valence-electron chi connectivity index (χ2n) is 7.11. The Bertz CT molecular complexity index is 969. The Hall–Kier alpha value is -2.44. The molecule has 5 rings (SSSR count). The second-order valence-corrected chi connectivity index (χ2v) is 8.09. The number of morpholine rings is 1. The molecule has 3 aromatic rings. The van der Waals surface area contributed by atoms with Crippen LogP contribution in [0.4, 0.5) is 5.82 Å². The summed E-state index contributed by atoms with van der Waals surface area (Å²) in [7, 11) is 0. The fraction of sp³-hybridized carbons (Fsp3) is 0.333. The van der Waals surface area contributed by atoms with E-state index in [0.29, 0.717) is 18.2 Å². The smallest absolute Gasteiger partial charge is 0.252 e. The third-order valence-corrected chi connectivity index (χ3v) is 6.08. The predicted molar refractivity (Wildman–Crippen MR) is 107 cm³/mol. The van der Waals surface area contributed by atoms with Gasteiger partial charge in [0.15, 0.2) is 0 Å². The quantitative estimate of drug-likeness (QED) is 0.750. The third kappa shape index (κ3) is 3.42. The van der Waals surface area contributed by atoms with Gasteiger partial charge in [-0.1, -0.05) is 24.3 Å². The number of rotatable bonds is 4. The van der Waals surface area contributed by atoms with Gasteiger partial charge in [-0.15, -0.1) is 11.3 Å². The zero-order chi connectivity index (χ0) is 18.2. The van der Waals surface area contributed by atoms with E-state index >= 15 is 0 Å². The largest absolute Gasteiger partial charge is 0.369 e. The number of amides is 1. The van der Waals surface area contributed by atoms with Crippen LogP contribution in [0, 0.1) is 0 Å². The van der Waals surface area contributed by atoms with Crippen molar-refractivity contribution in [3.63, 3.8) is 0 Å². The second kappa shape index (κ2) is 6.94. The number of nitrogens with one attached hydrogen (secondary N) is 1. The Kier molecular flexibility index (Phi) is 4.30. The van der Waals surface area contributed by atoms with Crippen LogP contribution in [-0.4, -0.2) is 36.6 Å². The van der Waals surface area contributed by atoms with Gasteiger partial charge in [-0.3, -0.25) is 4.79 Å². The summed E-state index contributed by atoms with van der Waals surface area (Å²) in [4.78, 5) is 21.1. The van der Waals surface area contributed by atoms with Crippen LogP contribution < -0.4 is 10.2 Å². The third-order valence-electron chi connectivity index (χ3n) is 5.11. The van der Waals surface area contributed by atoms with Crippen molar-refractivity contribution < 1.29 is 9.53 Å². The number of anilines is 1. The molecular weight excluding hydrogens is 358 g/mol. The fourth-order valence-corrected chi connectivity index (χ4v) is 4.27. The minimum absolute atomic E-state index is 0.000385. The summed E-state index contributed by atoms with van der Waals surface area (Å²) < 4.78 is 5.96. The van der Waals surface area contributed by atoms with E-state index in [0.717, 1.165) is 42.7 Å². The number of hydrogen-bond donors (Lipinski definition) is 1. The van der Waals surface area contributed by atoms with Gasteiger partial charge in [-0.2, -0.15) is 0 Å². The first kappa shape index (κ1) is 16.7. The number of aromatic nitrogens is 1. The average Bonchev–Trinajstić information content (AvgIpc) is 3.35. The Morgan fingerprint density at radius 2 is 2.11 bits per heavy atom. The summed E-state index contributed by atoms with van der Waals surface area (Å²) in [5.74, 6) is 0.847. The molecule has 1 amide bonds. The van der Waals surface area contributed by atoms with Crippen molar-refractivity contribution in [1.82, 2.24) is 10.3 Å². The highest BCUT2D eigenvalue weighted by Crippen LogP contribution is 2.30. The molecule has 1 aliphatic carbocycles. The molecule has 2 fully saturated rings. The number of para-hydroxylation sites is 1. The van der Waals surface area contributed by atoms with Crippen molar-refractivity contribution in [2.75, 3.05) is 24.6 Å². The van der Waals surface area contributed by atoms with Gasteiger partial charge in [0.05, 0.1) is 24.2 Å². The minimum Gasteiger partial charge on any atom is -0.369 e. The molecule has 1 aromatic carbocycles. The van der Waals surface area contributed by atoms with Gasteiger partial charge < -0.3 is 15.0 Å². The number of pyridine rings is 1. The molecule has 6 heteroatoms. The highest BCUT2D eigenvalue weighted by atomic mass is 32.1. The van der Waals surface area contributed by atoms with Gasteiger partial charge >= 0.3 is 0 Å². The van der Waals surface area contributed by atoms with Gasteiger partial charge in [0.25, 0.3) is 5.91 Å². The van der Waals surface area contributed by atoms with Gasteiger partial charge in [-0.25, -0.2) is 4.98 Å². The van der Waals surface area contributed by atoms with Crippen LogP contribution in [0.25, 0.3) is 10.9 Å². The summed E-state index contributed by atoms with van der Waals surface area (Å²) >= 11 is 1.71. The summed E-state index contributed by atoms with van der Waals surface area (Å²) in [6.07, 6.45) is 2.21. The molecule has 138 valence electrons. The molecule has 1 N–H and O–H groups in total. The molecule has 27 heavy (non-hydrogen) atoms. The lowest BCUT2D eigenvalue weighted by molar-refractivity contribution is 0.0419. The lowest BCUT2D eigenvalue weighted by atomic mass is 10.1. The molecule has 2 aromatic heterocycles. The van der Waals surface area contributed by atoms with E-state index in [-0.39, 0.29) is 12.0 Å². The normalized spacial score (nSPS) is 20.0. The highest BCUT2D eigenvalue weighted by molar-refractivity contribution is 7.10. The first-order valence-corrected chi connectivity index (χ1v) is 10.3. The van der Waals surface area contributed by atoms with Crippen LogP contribution in [0.15, 0.2) is 47.8 Å². The van der Waals surface area contributed by atoms with Crippen LogP contribution in [-0.2, 0) is 4.74 Å². The first-order chi connectivity index (χ1) is 13.3. The van der Waals surface area contributed by atoms with Crippen molar-refractivity contribution in [2.45, 2.75) is 25.0 Å². The van der Waals surface area contributed by atoms with E-state index in [1.807, 2.05) is 30.3 Å². The number of fused-ring (bicyclic) bond motifs is 1. The van der Waals surface area contributed by atoms with E-state index in [4.69, 9.17) is 9.72 Å². The summed E-state index contributed by atoms with van der Waals surface area (Å²) in [5, 5.41) is 6.10. The monoisotopic (exact) mass is 379 g/mol. The number of benzene rings is 1. The van der Waals surface area contributed by atoms with Crippen LogP contribution in [0.3, 0.4) is 0 Å². The molecule has 1 unspecified atom stereocenters. The van der Waals surface area contributed by atoms with E-state index in [1.54, 1.807) is 11.3 Å². The van der Waals surface area contributed by atoms with Crippen LogP contribution in [0.5, 0.6) is 0 Å². The predicted octanol–water partition coefficient (Wildman–Crippen LogP) is 3.77. The number of hydrogen-bond acceptors (Lipinski definition) is 5. The molecule has 0 radical (unpaired) electrons. The van der Waals surface area contributed by atoms with Gasteiger partial charge in [0.2, 0.25) is 0 Å². The molecule has 1 saturated heterocycles. The molecule has 1 atom stereocenters. The van der Waals surface area contributed by atoms with Crippen LogP contribution in [0.2, 0.25) is 0 Å². The van der Waals surface area contributed by atoms with E-state index < -0.39 is 0 Å². The Labute approximate surface area is 162 Å². The fourth-order valence-electron chi connectivity index (χ4n) is 3.51. The lowest BCUT2D eigenvalue weighted by Crippen LogP contribution is -2.38. The maximum Gasteiger partial charge on any atom is 0.252 e. The highest BCUT2D eigenvalue weighted by Gasteiger charge is 2.27. The zero-order valence-corrected chi connectivity index (χ0v) is 15.7. The van der Waals surface area contributed by atoms with Crippen molar-refractivity contribution in [3.8, 4) is 0 Å². The standard InChI is InChI=1S/C21H21N3O2S/c25-21(22-14-7-8-14)16-12-20(23-17-5-2-1-4-15(16)17)24-9-10-26-18(13-24)19-6-3-11-27-19/h1-6,11-12,14,18H,7-10,13H2,(H,22,25). The molecule has 5 nitrogen and oxygen atoms in total. The lowest BCUT2D eigenvalue weighted by Gasteiger charge is -2.33. The molecule has 3 heterocycles. The summed E-state index contributed by atoms with van der Waals surface area (Å²) in [5.41, 5.74) is 1.57. The number of ether oxygens (including phenoxy) is 1. The summed E-state index contributed by atoms with van der Waals surface area (Å²) in [6, 6.07) is 14.3. The van der Waals surface area contributed by atoms with Crippen LogP contribution >= 0.6 is 11.3 Å². The van der Waals surface area contributed by atoms with E-state index in [1.165, 1.54) is 4.88 Å². The zero-order valence-electron chi connectivity index (χ0n) is 14.9. The minimum atomic E-state index is 0.000385. The SMILES string of the molecule is O=C(NC1CC1)c1cc(N2CCOC(c3cccs3)C2)nc2ccccc12. The molecule has 1 aliphatic heterocycles. The van der Waals surface area contributed by atoms with Gasteiger partial charge in [0, 0.05) is 22.8 Å².